The topological polar surface area (TPSA) is 95.9 Å². The Morgan fingerprint density at radius 1 is 1.09 bits per heavy atom. The van der Waals surface area contributed by atoms with E-state index in [4.69, 9.17) is 16.3 Å². The number of ether oxygens (including phenoxy) is 1. The highest BCUT2D eigenvalue weighted by atomic mass is 16.5. The molecule has 7 heteroatoms. The molecule has 0 heterocycles. The summed E-state index contributed by atoms with van der Waals surface area (Å²) < 4.78 is 5.56. The highest BCUT2D eigenvalue weighted by Gasteiger charge is 2.34. The Morgan fingerprint density at radius 2 is 1.71 bits per heavy atom. The molecule has 1 saturated carbocycles. The van der Waals surface area contributed by atoms with Crippen molar-refractivity contribution < 1.29 is 24.2 Å². The van der Waals surface area contributed by atoms with Crippen LogP contribution in [0.1, 0.15) is 49.1 Å². The summed E-state index contributed by atoms with van der Waals surface area (Å²) in [5.41, 5.74) is 4.40. The minimum absolute atomic E-state index is 0.0280. The second-order valence-corrected chi connectivity index (χ2v) is 8.71. The number of rotatable bonds is 9. The summed E-state index contributed by atoms with van der Waals surface area (Å²) in [6.45, 7) is 0.232. The fraction of sp³-hybridized carbons (Fsp3) is 0.370. The van der Waals surface area contributed by atoms with Gasteiger partial charge in [0.05, 0.1) is 6.54 Å². The number of carbonyl (C=O) groups excluding carboxylic acids is 2. The third kappa shape index (κ3) is 4.91. The Kier molecular flexibility index (Phi) is 7.17. The molecule has 1 atom stereocenters. The zero-order chi connectivity index (χ0) is 24.1. The number of aliphatic carboxylic acids is 1. The van der Waals surface area contributed by atoms with Gasteiger partial charge in [-0.3, -0.25) is 9.59 Å². The third-order valence-corrected chi connectivity index (χ3v) is 6.64. The normalized spacial score (nSPS) is 15.3. The standard InChI is InChI=1S/C27H28N2O5/c1-2-16-29(18-8-7-9-18)26(32)24(14-15-25(30)31)28-27(33)34-17-23-21-12-5-3-10-19(21)20-11-4-6-13-22(20)23/h1,3-6,10-13,18,23-24H,7-9,14-17H2,(H,28,33)(H,30,31). The molecular formula is C27H28N2O5. The van der Waals surface area contributed by atoms with Crippen molar-refractivity contribution in [1.29, 1.82) is 0 Å². The molecule has 0 bridgehead atoms. The predicted octanol–water partition coefficient (Wildman–Crippen LogP) is 3.77. The Labute approximate surface area is 199 Å². The SMILES string of the molecule is C#CCN(C(=O)C(CCC(=O)O)NC(=O)OCC1c2ccccc2-c2ccccc21)C1CCC1. The van der Waals surface area contributed by atoms with Crippen molar-refractivity contribution in [2.24, 2.45) is 0 Å². The van der Waals surface area contributed by atoms with E-state index in [-0.39, 0.29) is 43.9 Å². The van der Waals surface area contributed by atoms with Crippen LogP contribution in [0.2, 0.25) is 0 Å². The van der Waals surface area contributed by atoms with Crippen LogP contribution in [0.3, 0.4) is 0 Å². The van der Waals surface area contributed by atoms with Crippen LogP contribution in [0.25, 0.3) is 11.1 Å². The number of hydrogen-bond acceptors (Lipinski definition) is 4. The minimum atomic E-state index is -1.04. The number of fused-ring (bicyclic) bond motifs is 3. The second kappa shape index (κ2) is 10.4. The molecule has 34 heavy (non-hydrogen) atoms. The second-order valence-electron chi connectivity index (χ2n) is 8.71. The lowest BCUT2D eigenvalue weighted by Crippen LogP contribution is -2.53. The minimum Gasteiger partial charge on any atom is -0.481 e. The Hall–Kier alpha value is -3.79. The summed E-state index contributed by atoms with van der Waals surface area (Å²) in [5, 5.41) is 11.7. The smallest absolute Gasteiger partial charge is 0.407 e. The fourth-order valence-electron chi connectivity index (χ4n) is 4.69. The molecule has 4 rings (SSSR count). The lowest BCUT2D eigenvalue weighted by Gasteiger charge is -2.38. The first-order valence-electron chi connectivity index (χ1n) is 11.6. The van der Waals surface area contributed by atoms with Gasteiger partial charge >= 0.3 is 12.1 Å². The number of carboxylic acids is 1. The number of carboxylic acid groups (broad SMARTS) is 1. The van der Waals surface area contributed by atoms with Gasteiger partial charge in [-0.15, -0.1) is 6.42 Å². The third-order valence-electron chi connectivity index (χ3n) is 6.64. The van der Waals surface area contributed by atoms with Crippen LogP contribution in [0.5, 0.6) is 0 Å². The van der Waals surface area contributed by atoms with Crippen LogP contribution in [0.4, 0.5) is 4.79 Å². The largest absolute Gasteiger partial charge is 0.481 e. The summed E-state index contributed by atoms with van der Waals surface area (Å²) in [7, 11) is 0. The molecule has 0 saturated heterocycles. The lowest BCUT2D eigenvalue weighted by molar-refractivity contribution is -0.139. The van der Waals surface area contributed by atoms with Gasteiger partial charge in [-0.25, -0.2) is 4.79 Å². The molecule has 2 aromatic carbocycles. The van der Waals surface area contributed by atoms with E-state index in [0.717, 1.165) is 41.5 Å². The quantitative estimate of drug-likeness (QED) is 0.556. The van der Waals surface area contributed by atoms with Gasteiger partial charge in [-0.05, 0) is 47.9 Å². The Balaban J connectivity index is 1.44. The van der Waals surface area contributed by atoms with E-state index in [0.29, 0.717) is 0 Å². The molecule has 0 aromatic heterocycles. The summed E-state index contributed by atoms with van der Waals surface area (Å²) in [4.78, 5) is 38.6. The maximum atomic E-state index is 13.2. The molecule has 0 radical (unpaired) electrons. The van der Waals surface area contributed by atoms with Crippen molar-refractivity contribution in [2.45, 2.75) is 50.1 Å². The number of nitrogens with zero attached hydrogens (tertiary/aromatic N) is 1. The van der Waals surface area contributed by atoms with Gasteiger partial charge in [-0.1, -0.05) is 54.5 Å². The molecule has 7 nitrogen and oxygen atoms in total. The number of nitrogens with one attached hydrogen (secondary N) is 1. The Bertz CT molecular complexity index is 1070. The molecule has 2 amide bonds. The van der Waals surface area contributed by atoms with E-state index in [9.17, 15) is 14.4 Å². The first kappa shape index (κ1) is 23.4. The van der Waals surface area contributed by atoms with Crippen LogP contribution in [0.15, 0.2) is 48.5 Å². The molecule has 1 fully saturated rings. The number of amides is 2. The number of terminal acetylenes is 1. The molecule has 1 unspecified atom stereocenters. The van der Waals surface area contributed by atoms with E-state index in [1.54, 1.807) is 4.90 Å². The first-order chi connectivity index (χ1) is 16.5. The summed E-state index contributed by atoms with van der Waals surface area (Å²) in [6.07, 6.45) is 7.13. The molecule has 2 aromatic rings. The zero-order valence-electron chi connectivity index (χ0n) is 18.9. The van der Waals surface area contributed by atoms with Crippen LogP contribution < -0.4 is 5.32 Å². The summed E-state index contributed by atoms with van der Waals surface area (Å²) in [6, 6.07) is 15.0. The maximum Gasteiger partial charge on any atom is 0.407 e. The van der Waals surface area contributed by atoms with Gasteiger partial charge in [-0.2, -0.15) is 0 Å². The van der Waals surface area contributed by atoms with Crippen molar-refractivity contribution in [3.8, 4) is 23.5 Å². The number of hydrogen-bond donors (Lipinski definition) is 2. The van der Waals surface area contributed by atoms with E-state index in [2.05, 4.69) is 23.4 Å². The highest BCUT2D eigenvalue weighted by molar-refractivity contribution is 5.87. The monoisotopic (exact) mass is 460 g/mol. The van der Waals surface area contributed by atoms with Crippen molar-refractivity contribution in [2.75, 3.05) is 13.2 Å². The van der Waals surface area contributed by atoms with Gasteiger partial charge in [0.25, 0.3) is 0 Å². The van der Waals surface area contributed by atoms with Crippen molar-refractivity contribution in [1.82, 2.24) is 10.2 Å². The van der Waals surface area contributed by atoms with E-state index >= 15 is 0 Å². The summed E-state index contributed by atoms with van der Waals surface area (Å²) in [5.74, 6) is 0.979. The van der Waals surface area contributed by atoms with E-state index in [1.807, 2.05) is 36.4 Å². The van der Waals surface area contributed by atoms with Crippen LogP contribution in [-0.2, 0) is 14.3 Å². The summed E-state index contributed by atoms with van der Waals surface area (Å²) >= 11 is 0. The highest BCUT2D eigenvalue weighted by Crippen LogP contribution is 2.44. The van der Waals surface area contributed by atoms with Crippen molar-refractivity contribution in [3.05, 3.63) is 59.7 Å². The average Bonchev–Trinajstić information content (AvgIpc) is 3.12. The molecule has 0 aliphatic heterocycles. The maximum absolute atomic E-state index is 13.2. The van der Waals surface area contributed by atoms with Gasteiger partial charge < -0.3 is 20.1 Å². The van der Waals surface area contributed by atoms with E-state index in [1.165, 1.54) is 0 Å². The van der Waals surface area contributed by atoms with E-state index < -0.39 is 18.1 Å². The molecule has 176 valence electrons. The Morgan fingerprint density at radius 3 is 2.24 bits per heavy atom. The molecular weight excluding hydrogens is 432 g/mol. The number of benzene rings is 2. The number of carbonyl (C=O) groups is 3. The van der Waals surface area contributed by atoms with Gasteiger partial charge in [0, 0.05) is 18.4 Å². The molecule has 0 spiro atoms. The predicted molar refractivity (Wildman–Crippen MR) is 127 cm³/mol. The average molecular weight is 461 g/mol. The lowest BCUT2D eigenvalue weighted by atomic mass is 9.90. The van der Waals surface area contributed by atoms with Crippen LogP contribution >= 0.6 is 0 Å². The molecule has 2 aliphatic carbocycles. The van der Waals surface area contributed by atoms with Crippen LogP contribution in [-0.4, -0.2) is 53.2 Å². The van der Waals surface area contributed by atoms with Crippen LogP contribution in [0, 0.1) is 12.3 Å². The van der Waals surface area contributed by atoms with Crippen molar-refractivity contribution in [3.63, 3.8) is 0 Å². The molecule has 2 aliphatic rings. The molecule has 2 N–H and O–H groups in total. The first-order valence-corrected chi connectivity index (χ1v) is 11.6. The van der Waals surface area contributed by atoms with Gasteiger partial charge in [0.2, 0.25) is 5.91 Å². The zero-order valence-corrected chi connectivity index (χ0v) is 18.9. The van der Waals surface area contributed by atoms with Gasteiger partial charge in [0.1, 0.15) is 12.6 Å². The fourth-order valence-corrected chi connectivity index (χ4v) is 4.69. The number of alkyl carbamates (subject to hydrolysis) is 1. The van der Waals surface area contributed by atoms with Crippen molar-refractivity contribution >= 4 is 18.0 Å². The van der Waals surface area contributed by atoms with Gasteiger partial charge in [0.15, 0.2) is 0 Å².